The van der Waals surface area contributed by atoms with Crippen LogP contribution in [-0.2, 0) is 9.59 Å². The van der Waals surface area contributed by atoms with Gasteiger partial charge in [-0.2, -0.15) is 8.78 Å². The van der Waals surface area contributed by atoms with Gasteiger partial charge in [-0.15, -0.1) is 0 Å². The van der Waals surface area contributed by atoms with Gasteiger partial charge in [-0.05, 0) is 42.8 Å². The van der Waals surface area contributed by atoms with Crippen LogP contribution in [-0.4, -0.2) is 44.2 Å². The predicted molar refractivity (Wildman–Crippen MR) is 108 cm³/mol. The number of hydrogen-bond donors (Lipinski definition) is 2. The Hall–Kier alpha value is -3.36. The number of alkyl halides is 2. The predicted octanol–water partition coefficient (Wildman–Crippen LogP) is 3.02. The number of benzene rings is 2. The first-order valence-electron chi connectivity index (χ1n) is 9.59. The summed E-state index contributed by atoms with van der Waals surface area (Å²) in [6, 6.07) is 12.8. The quantitative estimate of drug-likeness (QED) is 0.688. The minimum absolute atomic E-state index is 0.00559. The number of nitrogens with zero attached hydrogens (tertiary/aromatic N) is 1. The summed E-state index contributed by atoms with van der Waals surface area (Å²) in [5.41, 5.74) is 1.16. The zero-order valence-electron chi connectivity index (χ0n) is 16.4. The Kier molecular flexibility index (Phi) is 7.05. The zero-order valence-corrected chi connectivity index (χ0v) is 16.4. The zero-order chi connectivity index (χ0) is 21.5. The molecule has 30 heavy (non-hydrogen) atoms. The van der Waals surface area contributed by atoms with Gasteiger partial charge in [-0.1, -0.05) is 19.1 Å². The van der Waals surface area contributed by atoms with Crippen LogP contribution in [0.4, 0.5) is 20.2 Å². The number of amides is 2. The summed E-state index contributed by atoms with van der Waals surface area (Å²) in [5, 5.41) is 5.52. The lowest BCUT2D eigenvalue weighted by Gasteiger charge is -2.35. The van der Waals surface area contributed by atoms with Crippen molar-refractivity contribution in [3.05, 3.63) is 48.5 Å². The highest BCUT2D eigenvalue weighted by molar-refractivity contribution is 5.95. The van der Waals surface area contributed by atoms with Crippen LogP contribution in [0.1, 0.15) is 13.3 Å². The highest BCUT2D eigenvalue weighted by atomic mass is 19.3. The lowest BCUT2D eigenvalue weighted by molar-refractivity contribution is -0.128. The van der Waals surface area contributed by atoms with E-state index in [2.05, 4.69) is 15.4 Å². The molecule has 0 saturated carbocycles. The van der Waals surface area contributed by atoms with E-state index in [0.717, 1.165) is 6.42 Å². The number of carbonyl (C=O) groups excluding carboxylic acids is 2. The molecule has 2 aromatic carbocycles. The topological polar surface area (TPSA) is 79.9 Å². The Balaban J connectivity index is 1.66. The van der Waals surface area contributed by atoms with Gasteiger partial charge in [0.05, 0.1) is 18.8 Å². The summed E-state index contributed by atoms with van der Waals surface area (Å²) >= 11 is 0. The van der Waals surface area contributed by atoms with E-state index in [-0.39, 0.29) is 30.7 Å². The van der Waals surface area contributed by atoms with Gasteiger partial charge in [0.2, 0.25) is 5.91 Å². The van der Waals surface area contributed by atoms with Crippen molar-refractivity contribution in [2.45, 2.75) is 26.1 Å². The summed E-state index contributed by atoms with van der Waals surface area (Å²) in [7, 11) is 0. The fourth-order valence-electron chi connectivity index (χ4n) is 3.05. The van der Waals surface area contributed by atoms with Crippen molar-refractivity contribution in [1.82, 2.24) is 5.32 Å². The molecule has 1 aliphatic heterocycles. The monoisotopic (exact) mass is 419 g/mol. The van der Waals surface area contributed by atoms with Crippen molar-refractivity contribution in [3.63, 3.8) is 0 Å². The van der Waals surface area contributed by atoms with Crippen molar-refractivity contribution in [2.75, 3.05) is 29.9 Å². The van der Waals surface area contributed by atoms with Crippen molar-refractivity contribution in [1.29, 1.82) is 0 Å². The molecule has 9 heteroatoms. The first-order valence-corrected chi connectivity index (χ1v) is 9.59. The molecule has 1 atom stereocenters. The van der Waals surface area contributed by atoms with Crippen LogP contribution in [0, 0.1) is 0 Å². The maximum atomic E-state index is 12.6. The third-order valence-corrected chi connectivity index (χ3v) is 4.40. The van der Waals surface area contributed by atoms with Crippen LogP contribution < -0.4 is 25.0 Å². The third-order valence-electron chi connectivity index (χ3n) is 4.40. The molecule has 1 heterocycles. The molecule has 2 aromatic rings. The molecule has 0 unspecified atom stereocenters. The van der Waals surface area contributed by atoms with E-state index >= 15 is 0 Å². The fourth-order valence-corrected chi connectivity index (χ4v) is 3.05. The van der Waals surface area contributed by atoms with Crippen LogP contribution >= 0.6 is 0 Å². The lowest BCUT2D eigenvalue weighted by atomic mass is 10.1. The molecule has 2 amide bonds. The highest BCUT2D eigenvalue weighted by Gasteiger charge is 2.31. The van der Waals surface area contributed by atoms with E-state index < -0.39 is 12.7 Å². The van der Waals surface area contributed by atoms with Crippen LogP contribution in [0.15, 0.2) is 48.5 Å². The van der Waals surface area contributed by atoms with Crippen LogP contribution in [0.25, 0.3) is 0 Å². The summed E-state index contributed by atoms with van der Waals surface area (Å²) in [6.45, 7) is -0.185. The number of halogens is 2. The number of carbonyl (C=O) groups is 2. The van der Waals surface area contributed by atoms with Gasteiger partial charge in [0.25, 0.3) is 5.91 Å². The molecule has 7 nitrogen and oxygen atoms in total. The van der Waals surface area contributed by atoms with Crippen molar-refractivity contribution < 1.29 is 27.8 Å². The van der Waals surface area contributed by atoms with Gasteiger partial charge in [0.15, 0.2) is 6.10 Å². The number of para-hydroxylation sites is 2. The van der Waals surface area contributed by atoms with E-state index in [0.29, 0.717) is 23.7 Å². The molecular formula is C21H23F2N3O4. The molecule has 3 rings (SSSR count). The van der Waals surface area contributed by atoms with Crippen molar-refractivity contribution in [2.24, 2.45) is 0 Å². The average Bonchev–Trinajstić information content (AvgIpc) is 2.73. The van der Waals surface area contributed by atoms with Gasteiger partial charge in [-0.25, -0.2) is 0 Å². The summed E-state index contributed by atoms with van der Waals surface area (Å²) in [6.07, 6.45) is 0.0764. The van der Waals surface area contributed by atoms with E-state index in [1.807, 2.05) is 19.1 Å². The van der Waals surface area contributed by atoms with E-state index in [4.69, 9.17) is 4.74 Å². The Morgan fingerprint density at radius 3 is 2.63 bits per heavy atom. The smallest absolute Gasteiger partial charge is 0.387 e. The molecule has 0 aromatic heterocycles. The second kappa shape index (κ2) is 9.91. The van der Waals surface area contributed by atoms with Gasteiger partial charge in [0.1, 0.15) is 11.5 Å². The van der Waals surface area contributed by atoms with Gasteiger partial charge in [0, 0.05) is 12.2 Å². The molecule has 0 bridgehead atoms. The SMILES string of the molecule is CCCNC(=O)[C@@H]1CN(CC(=O)Nc2ccc(OC(F)F)cc2)c2ccccc2O1. The molecule has 0 radical (unpaired) electrons. The van der Waals surface area contributed by atoms with E-state index in [1.165, 1.54) is 24.3 Å². The highest BCUT2D eigenvalue weighted by Crippen LogP contribution is 2.33. The maximum Gasteiger partial charge on any atom is 0.387 e. The standard InChI is InChI=1S/C21H23F2N3O4/c1-2-11-24-20(28)18-12-26(16-5-3-4-6-17(16)30-18)13-19(27)25-14-7-9-15(10-8-14)29-21(22)23/h3-10,18,21H,2,11-13H2,1H3,(H,24,28)(H,25,27)/t18-/m0/s1. The molecule has 1 aliphatic rings. The Bertz CT molecular complexity index is 877. The largest absolute Gasteiger partial charge is 0.477 e. The third kappa shape index (κ3) is 5.59. The summed E-state index contributed by atoms with van der Waals surface area (Å²) in [5.74, 6) is -0.0129. The maximum absolute atomic E-state index is 12.6. The molecule has 0 spiro atoms. The Morgan fingerprint density at radius 2 is 1.93 bits per heavy atom. The van der Waals surface area contributed by atoms with Crippen LogP contribution in [0.2, 0.25) is 0 Å². The Labute approximate surface area is 173 Å². The van der Waals surface area contributed by atoms with Crippen molar-refractivity contribution >= 4 is 23.2 Å². The molecule has 0 fully saturated rings. The Morgan fingerprint density at radius 1 is 1.20 bits per heavy atom. The first kappa shape index (κ1) is 21.4. The molecule has 0 saturated heterocycles. The molecule has 0 aliphatic carbocycles. The van der Waals surface area contributed by atoms with Gasteiger partial charge >= 0.3 is 6.61 Å². The summed E-state index contributed by atoms with van der Waals surface area (Å²) in [4.78, 5) is 26.7. The number of fused-ring (bicyclic) bond motifs is 1. The van der Waals surface area contributed by atoms with Crippen molar-refractivity contribution in [3.8, 4) is 11.5 Å². The second-order valence-corrected chi connectivity index (χ2v) is 6.70. The van der Waals surface area contributed by atoms with Crippen LogP contribution in [0.5, 0.6) is 11.5 Å². The van der Waals surface area contributed by atoms with Crippen LogP contribution in [0.3, 0.4) is 0 Å². The van der Waals surface area contributed by atoms with Gasteiger partial charge < -0.3 is 25.0 Å². The lowest BCUT2D eigenvalue weighted by Crippen LogP contribution is -2.50. The van der Waals surface area contributed by atoms with E-state index in [9.17, 15) is 18.4 Å². The number of hydrogen-bond acceptors (Lipinski definition) is 5. The van der Waals surface area contributed by atoms with Gasteiger partial charge in [-0.3, -0.25) is 9.59 Å². The number of rotatable bonds is 8. The number of ether oxygens (including phenoxy) is 2. The first-order chi connectivity index (χ1) is 14.5. The minimum Gasteiger partial charge on any atom is -0.477 e. The normalized spacial score (nSPS) is 15.2. The second-order valence-electron chi connectivity index (χ2n) is 6.70. The minimum atomic E-state index is -2.91. The number of nitrogens with one attached hydrogen (secondary N) is 2. The summed E-state index contributed by atoms with van der Waals surface area (Å²) < 4.78 is 34.6. The molecular weight excluding hydrogens is 396 g/mol. The fraction of sp³-hybridized carbons (Fsp3) is 0.333. The molecule has 2 N–H and O–H groups in total. The van der Waals surface area contributed by atoms with E-state index in [1.54, 1.807) is 17.0 Å². The average molecular weight is 419 g/mol. The number of anilines is 2. The molecule has 160 valence electrons.